The van der Waals surface area contributed by atoms with Crippen molar-refractivity contribution in [2.24, 2.45) is 0 Å². The second-order valence-corrected chi connectivity index (χ2v) is 7.51. The molecule has 2 aromatic rings. The molecule has 1 heterocycles. The number of hydrogen-bond donors (Lipinski definition) is 1. The Morgan fingerprint density at radius 2 is 1.72 bits per heavy atom. The van der Waals surface area contributed by atoms with Crippen LogP contribution in [0.2, 0.25) is 0 Å². The van der Waals surface area contributed by atoms with Crippen LogP contribution in [0.5, 0.6) is 5.75 Å². The monoisotopic (exact) mass is 444 g/mol. The van der Waals surface area contributed by atoms with Gasteiger partial charge in [0.1, 0.15) is 11.4 Å². The molecule has 32 heavy (non-hydrogen) atoms. The second-order valence-electron chi connectivity index (χ2n) is 7.51. The largest absolute Gasteiger partial charge is 0.491 e. The number of ether oxygens (including phenoxy) is 2. The molecule has 0 saturated carbocycles. The van der Waals surface area contributed by atoms with Crippen molar-refractivity contribution in [3.63, 3.8) is 0 Å². The number of carbonyl (C=O) groups excluding carboxylic acids is 2. The van der Waals surface area contributed by atoms with Crippen molar-refractivity contribution in [2.45, 2.75) is 33.3 Å². The van der Waals surface area contributed by atoms with Gasteiger partial charge in [0.05, 0.1) is 11.7 Å². The lowest BCUT2D eigenvalue weighted by Gasteiger charge is -2.15. The van der Waals surface area contributed by atoms with Gasteiger partial charge >= 0.3 is 0 Å². The van der Waals surface area contributed by atoms with Crippen LogP contribution in [0, 0.1) is 11.6 Å². The third kappa shape index (κ3) is 5.31. The maximum absolute atomic E-state index is 13.7. The molecule has 0 aliphatic carbocycles. The van der Waals surface area contributed by atoms with Gasteiger partial charge in [-0.1, -0.05) is 12.1 Å². The molecule has 0 bridgehead atoms. The quantitative estimate of drug-likeness (QED) is 0.435. The van der Waals surface area contributed by atoms with Crippen molar-refractivity contribution in [3.8, 4) is 5.75 Å². The molecule has 0 fully saturated rings. The minimum atomic E-state index is -1.06. The number of imide groups is 1. The molecule has 0 spiro atoms. The minimum Gasteiger partial charge on any atom is -0.491 e. The van der Waals surface area contributed by atoms with E-state index in [1.54, 1.807) is 24.3 Å². The Morgan fingerprint density at radius 3 is 2.34 bits per heavy atom. The maximum Gasteiger partial charge on any atom is 0.278 e. The number of nitrogens with one attached hydrogen (secondary N) is 1. The van der Waals surface area contributed by atoms with Crippen molar-refractivity contribution in [1.82, 2.24) is 4.90 Å². The molecule has 3 rings (SSSR count). The lowest BCUT2D eigenvalue weighted by atomic mass is 10.0. The Bertz CT molecular complexity index is 1020. The SMILES string of the molecule is CCOCCCN1C(=O)C(Nc2ccc(F)c(F)c2)=C(c2ccc(OC(C)C)cc2)C1=O. The summed E-state index contributed by atoms with van der Waals surface area (Å²) < 4.78 is 37.9. The van der Waals surface area contributed by atoms with Crippen LogP contribution in [-0.4, -0.2) is 42.6 Å². The topological polar surface area (TPSA) is 67.9 Å². The third-order valence-corrected chi connectivity index (χ3v) is 4.75. The van der Waals surface area contributed by atoms with Crippen molar-refractivity contribution in [2.75, 3.05) is 25.1 Å². The fourth-order valence-corrected chi connectivity index (χ4v) is 3.32. The summed E-state index contributed by atoms with van der Waals surface area (Å²) in [7, 11) is 0. The van der Waals surface area contributed by atoms with Crippen LogP contribution in [0.4, 0.5) is 14.5 Å². The molecular weight excluding hydrogens is 418 g/mol. The van der Waals surface area contributed by atoms with E-state index >= 15 is 0 Å². The van der Waals surface area contributed by atoms with Crippen LogP contribution < -0.4 is 10.1 Å². The van der Waals surface area contributed by atoms with Crippen LogP contribution in [0.25, 0.3) is 5.57 Å². The molecule has 8 heteroatoms. The molecule has 1 aliphatic rings. The Labute approximate surface area is 185 Å². The van der Waals surface area contributed by atoms with E-state index in [2.05, 4.69) is 5.32 Å². The fraction of sp³-hybridized carbons (Fsp3) is 0.333. The van der Waals surface area contributed by atoms with Gasteiger partial charge in [-0.2, -0.15) is 0 Å². The van der Waals surface area contributed by atoms with E-state index in [1.165, 1.54) is 6.07 Å². The molecule has 1 aliphatic heterocycles. The number of rotatable bonds is 10. The van der Waals surface area contributed by atoms with E-state index in [1.807, 2.05) is 20.8 Å². The Balaban J connectivity index is 1.94. The van der Waals surface area contributed by atoms with Crippen molar-refractivity contribution in [1.29, 1.82) is 0 Å². The van der Waals surface area contributed by atoms with Gasteiger partial charge in [0, 0.05) is 31.5 Å². The Hall–Kier alpha value is -3.26. The van der Waals surface area contributed by atoms with E-state index in [9.17, 15) is 18.4 Å². The van der Waals surface area contributed by atoms with Crippen LogP contribution in [-0.2, 0) is 14.3 Å². The predicted octanol–water partition coefficient (Wildman–Crippen LogP) is 4.37. The number of nitrogens with zero attached hydrogens (tertiary/aromatic N) is 1. The maximum atomic E-state index is 13.7. The van der Waals surface area contributed by atoms with Gasteiger partial charge in [0.2, 0.25) is 0 Å². The summed E-state index contributed by atoms with van der Waals surface area (Å²) in [5, 5.41) is 2.81. The standard InChI is InChI=1S/C24H26F2N2O4/c1-4-31-13-5-12-28-23(29)21(16-6-9-18(10-7-16)32-15(2)3)22(24(28)30)27-17-8-11-19(25)20(26)14-17/h6-11,14-15,27H,4-5,12-13H2,1-3H3. The molecule has 0 radical (unpaired) electrons. The number of halogens is 2. The highest BCUT2D eigenvalue weighted by Crippen LogP contribution is 2.32. The van der Waals surface area contributed by atoms with Crippen LogP contribution in [0.3, 0.4) is 0 Å². The van der Waals surface area contributed by atoms with Gasteiger partial charge in [-0.25, -0.2) is 8.78 Å². The van der Waals surface area contributed by atoms with Crippen molar-refractivity contribution < 1.29 is 27.8 Å². The zero-order valence-corrected chi connectivity index (χ0v) is 18.3. The van der Waals surface area contributed by atoms with Gasteiger partial charge in [0.15, 0.2) is 11.6 Å². The van der Waals surface area contributed by atoms with E-state index in [4.69, 9.17) is 9.47 Å². The second kappa shape index (κ2) is 10.4. The van der Waals surface area contributed by atoms with E-state index in [-0.39, 0.29) is 29.6 Å². The molecule has 170 valence electrons. The zero-order valence-electron chi connectivity index (χ0n) is 18.3. The first-order valence-electron chi connectivity index (χ1n) is 10.5. The van der Waals surface area contributed by atoms with Gasteiger partial charge in [-0.05, 0) is 57.0 Å². The van der Waals surface area contributed by atoms with Crippen LogP contribution in [0.15, 0.2) is 48.2 Å². The lowest BCUT2D eigenvalue weighted by Crippen LogP contribution is -2.34. The summed E-state index contributed by atoms with van der Waals surface area (Å²) in [6.07, 6.45) is 0.472. The number of benzene rings is 2. The summed E-state index contributed by atoms with van der Waals surface area (Å²) in [5.41, 5.74) is 0.840. The molecular formula is C24H26F2N2O4. The van der Waals surface area contributed by atoms with Gasteiger partial charge in [-0.15, -0.1) is 0 Å². The van der Waals surface area contributed by atoms with E-state index in [0.29, 0.717) is 30.9 Å². The summed E-state index contributed by atoms with van der Waals surface area (Å²) in [6, 6.07) is 10.0. The average Bonchev–Trinajstić information content (AvgIpc) is 2.98. The van der Waals surface area contributed by atoms with E-state index in [0.717, 1.165) is 17.0 Å². The van der Waals surface area contributed by atoms with Crippen molar-refractivity contribution >= 4 is 23.1 Å². The number of hydrogen-bond acceptors (Lipinski definition) is 5. The molecule has 6 nitrogen and oxygen atoms in total. The first-order chi connectivity index (χ1) is 15.3. The van der Waals surface area contributed by atoms with Gasteiger partial charge in [0.25, 0.3) is 11.8 Å². The minimum absolute atomic E-state index is 0.00921. The molecule has 0 unspecified atom stereocenters. The first kappa shape index (κ1) is 23.4. The number of amides is 2. The summed E-state index contributed by atoms with van der Waals surface area (Å²) in [6.45, 7) is 6.80. The Kier molecular flexibility index (Phi) is 7.58. The van der Waals surface area contributed by atoms with Gasteiger partial charge in [-0.3, -0.25) is 14.5 Å². The molecule has 0 atom stereocenters. The van der Waals surface area contributed by atoms with Crippen molar-refractivity contribution in [3.05, 3.63) is 65.4 Å². The summed E-state index contributed by atoms with van der Waals surface area (Å²) >= 11 is 0. The van der Waals surface area contributed by atoms with E-state index < -0.39 is 23.4 Å². The molecule has 2 amide bonds. The average molecular weight is 444 g/mol. The molecule has 1 N–H and O–H groups in total. The zero-order chi connectivity index (χ0) is 23.3. The summed E-state index contributed by atoms with van der Waals surface area (Å²) in [5.74, 6) is -2.43. The highest BCUT2D eigenvalue weighted by molar-refractivity contribution is 6.36. The number of anilines is 1. The predicted molar refractivity (Wildman–Crippen MR) is 117 cm³/mol. The smallest absolute Gasteiger partial charge is 0.278 e. The molecule has 2 aromatic carbocycles. The Morgan fingerprint density at radius 1 is 1.00 bits per heavy atom. The van der Waals surface area contributed by atoms with Crippen LogP contribution in [0.1, 0.15) is 32.8 Å². The highest BCUT2D eigenvalue weighted by Gasteiger charge is 2.39. The summed E-state index contributed by atoms with van der Waals surface area (Å²) in [4.78, 5) is 27.4. The van der Waals surface area contributed by atoms with Gasteiger partial charge < -0.3 is 14.8 Å². The first-order valence-corrected chi connectivity index (χ1v) is 10.5. The fourth-order valence-electron chi connectivity index (χ4n) is 3.32. The normalized spacial score (nSPS) is 14.0. The lowest BCUT2D eigenvalue weighted by molar-refractivity contribution is -0.137. The molecule has 0 aromatic heterocycles. The number of carbonyl (C=O) groups is 2. The third-order valence-electron chi connectivity index (χ3n) is 4.75. The molecule has 0 saturated heterocycles. The highest BCUT2D eigenvalue weighted by atomic mass is 19.2. The van der Waals surface area contributed by atoms with Crippen LogP contribution >= 0.6 is 0 Å².